The fourth-order valence-electron chi connectivity index (χ4n) is 4.11. The number of hydrogen-bond acceptors (Lipinski definition) is 4. The van der Waals surface area contributed by atoms with Crippen LogP contribution >= 0.6 is 0 Å². The summed E-state index contributed by atoms with van der Waals surface area (Å²) in [5.41, 5.74) is 2.91. The fraction of sp³-hybridized carbons (Fsp3) is 0.417. The van der Waals surface area contributed by atoms with Crippen LogP contribution in [0.2, 0.25) is 0 Å². The van der Waals surface area contributed by atoms with E-state index in [9.17, 15) is 4.79 Å². The lowest BCUT2D eigenvalue weighted by atomic mass is 10.0. The second-order valence-electron chi connectivity index (χ2n) is 8.71. The molecule has 29 heavy (non-hydrogen) atoms. The number of anilines is 1. The van der Waals surface area contributed by atoms with E-state index in [0.717, 1.165) is 48.4 Å². The molecule has 0 radical (unpaired) electrons. The molecule has 0 unspecified atom stereocenters. The number of nitrogens with zero attached hydrogens (tertiary/aromatic N) is 3. The minimum absolute atomic E-state index is 0.151. The smallest absolute Gasteiger partial charge is 0.329 e. The monoisotopic (exact) mass is 391 g/mol. The van der Waals surface area contributed by atoms with Gasteiger partial charge in [-0.3, -0.25) is 0 Å². The summed E-state index contributed by atoms with van der Waals surface area (Å²) in [6.45, 7) is 7.65. The highest BCUT2D eigenvalue weighted by molar-refractivity contribution is 5.83. The quantitative estimate of drug-likeness (QED) is 0.594. The molecule has 0 spiro atoms. The van der Waals surface area contributed by atoms with Gasteiger partial charge in [0.25, 0.3) is 0 Å². The maximum Gasteiger partial charge on any atom is 0.329 e. The lowest BCUT2D eigenvalue weighted by Gasteiger charge is -2.37. The van der Waals surface area contributed by atoms with Gasteiger partial charge in [0, 0.05) is 12.1 Å². The van der Waals surface area contributed by atoms with Gasteiger partial charge in [-0.1, -0.05) is 42.5 Å². The highest BCUT2D eigenvalue weighted by Gasteiger charge is 2.35. The number of para-hydroxylation sites is 2. The summed E-state index contributed by atoms with van der Waals surface area (Å²) >= 11 is 0. The summed E-state index contributed by atoms with van der Waals surface area (Å²) in [4.78, 5) is 20.1. The molecule has 1 atom stereocenters. The normalized spacial score (nSPS) is 17.5. The molecule has 1 saturated heterocycles. The minimum atomic E-state index is -0.301. The van der Waals surface area contributed by atoms with Crippen LogP contribution in [-0.4, -0.2) is 28.1 Å². The summed E-state index contributed by atoms with van der Waals surface area (Å²) < 4.78 is 7.96. The molecule has 5 heteroatoms. The Kier molecular flexibility index (Phi) is 5.31. The highest BCUT2D eigenvalue weighted by Crippen LogP contribution is 2.33. The van der Waals surface area contributed by atoms with E-state index in [-0.39, 0.29) is 17.6 Å². The average Bonchev–Trinajstić information content (AvgIpc) is 3.13. The number of fused-ring (bicyclic) bond motifs is 1. The number of ether oxygens (including phenoxy) is 1. The van der Waals surface area contributed by atoms with Crippen molar-refractivity contribution in [3.8, 4) is 0 Å². The van der Waals surface area contributed by atoms with E-state index in [4.69, 9.17) is 9.72 Å². The largest absolute Gasteiger partial charge is 0.459 e. The van der Waals surface area contributed by atoms with Crippen molar-refractivity contribution < 1.29 is 9.53 Å². The van der Waals surface area contributed by atoms with Gasteiger partial charge < -0.3 is 14.2 Å². The summed E-state index contributed by atoms with van der Waals surface area (Å²) in [5, 5.41) is 0. The molecule has 2 heterocycles. The molecule has 0 saturated carbocycles. The molecule has 3 aromatic rings. The van der Waals surface area contributed by atoms with Gasteiger partial charge in [-0.25, -0.2) is 9.78 Å². The first-order chi connectivity index (χ1) is 13.9. The fourth-order valence-corrected chi connectivity index (χ4v) is 4.11. The van der Waals surface area contributed by atoms with Crippen molar-refractivity contribution in [3.05, 3.63) is 60.2 Å². The number of piperidine rings is 1. The van der Waals surface area contributed by atoms with Crippen molar-refractivity contribution in [1.82, 2.24) is 9.55 Å². The van der Waals surface area contributed by atoms with Gasteiger partial charge in [0.05, 0.1) is 11.0 Å². The first kappa shape index (κ1) is 19.5. The predicted molar refractivity (Wildman–Crippen MR) is 116 cm³/mol. The Hall–Kier alpha value is -2.82. The van der Waals surface area contributed by atoms with E-state index >= 15 is 0 Å². The van der Waals surface area contributed by atoms with Crippen LogP contribution in [0.1, 0.15) is 45.6 Å². The molecule has 152 valence electrons. The Bertz CT molecular complexity index is 988. The number of carbonyl (C=O) groups is 1. The summed E-state index contributed by atoms with van der Waals surface area (Å²) in [6.07, 6.45) is 2.87. The Balaban J connectivity index is 1.65. The van der Waals surface area contributed by atoms with Crippen LogP contribution in [0.3, 0.4) is 0 Å². The van der Waals surface area contributed by atoms with Crippen molar-refractivity contribution in [1.29, 1.82) is 0 Å². The number of carbonyl (C=O) groups excluding carboxylic acids is 1. The number of hydrogen-bond donors (Lipinski definition) is 0. The van der Waals surface area contributed by atoms with Crippen LogP contribution in [0.25, 0.3) is 11.0 Å². The molecule has 2 aromatic carbocycles. The molecule has 0 N–H and O–H groups in total. The number of esters is 1. The summed E-state index contributed by atoms with van der Waals surface area (Å²) in [7, 11) is 0. The zero-order chi connectivity index (χ0) is 20.4. The molecule has 1 aliphatic rings. The zero-order valence-corrected chi connectivity index (χ0v) is 17.5. The van der Waals surface area contributed by atoms with Gasteiger partial charge in [-0.15, -0.1) is 0 Å². The molecule has 4 rings (SSSR count). The number of imidazole rings is 1. The Morgan fingerprint density at radius 1 is 1.07 bits per heavy atom. The van der Waals surface area contributed by atoms with E-state index in [1.54, 1.807) is 0 Å². The molecular formula is C24H29N3O2. The zero-order valence-electron chi connectivity index (χ0n) is 17.5. The molecule has 1 aromatic heterocycles. The Morgan fingerprint density at radius 2 is 1.79 bits per heavy atom. The van der Waals surface area contributed by atoms with Crippen molar-refractivity contribution in [2.24, 2.45) is 0 Å². The number of rotatable bonds is 4. The molecular weight excluding hydrogens is 362 g/mol. The molecule has 0 bridgehead atoms. The third-order valence-electron chi connectivity index (χ3n) is 5.47. The molecule has 1 fully saturated rings. The lowest BCUT2D eigenvalue weighted by Crippen LogP contribution is -2.47. The van der Waals surface area contributed by atoms with Gasteiger partial charge in [0.1, 0.15) is 12.6 Å². The van der Waals surface area contributed by atoms with E-state index in [2.05, 4.69) is 36.3 Å². The second kappa shape index (κ2) is 7.90. The van der Waals surface area contributed by atoms with Crippen LogP contribution in [0.4, 0.5) is 5.95 Å². The van der Waals surface area contributed by atoms with Gasteiger partial charge >= 0.3 is 5.97 Å². The third kappa shape index (κ3) is 4.00. The SMILES string of the molecule is CC(C)(C)n1c(N2CCCC[C@H]2C(=O)OCc2ccccc2)nc2ccccc21. The topological polar surface area (TPSA) is 47.4 Å². The molecule has 0 amide bonds. The Morgan fingerprint density at radius 3 is 2.55 bits per heavy atom. The third-order valence-corrected chi connectivity index (χ3v) is 5.47. The maximum absolute atomic E-state index is 13.0. The van der Waals surface area contributed by atoms with Crippen molar-refractivity contribution in [2.45, 2.75) is 58.2 Å². The van der Waals surface area contributed by atoms with Crippen LogP contribution in [-0.2, 0) is 21.7 Å². The van der Waals surface area contributed by atoms with Gasteiger partial charge in [0.15, 0.2) is 0 Å². The first-order valence-electron chi connectivity index (χ1n) is 10.4. The van der Waals surface area contributed by atoms with Crippen LogP contribution in [0.15, 0.2) is 54.6 Å². The number of benzene rings is 2. The molecule has 5 nitrogen and oxygen atoms in total. The highest BCUT2D eigenvalue weighted by atomic mass is 16.5. The van der Waals surface area contributed by atoms with Crippen molar-refractivity contribution >= 4 is 23.0 Å². The molecule has 0 aliphatic carbocycles. The van der Waals surface area contributed by atoms with Crippen LogP contribution < -0.4 is 4.90 Å². The second-order valence-corrected chi connectivity index (χ2v) is 8.71. The predicted octanol–water partition coefficient (Wildman–Crippen LogP) is 4.89. The van der Waals surface area contributed by atoms with E-state index < -0.39 is 0 Å². The standard InChI is InChI=1S/C24H29N3O2/c1-24(2,3)27-20-14-8-7-13-19(20)25-23(27)26-16-10-9-15-21(26)22(28)29-17-18-11-5-4-6-12-18/h4-8,11-14,21H,9-10,15-17H2,1-3H3/t21-/m0/s1. The van der Waals surface area contributed by atoms with Gasteiger partial charge in [0.2, 0.25) is 5.95 Å². The average molecular weight is 392 g/mol. The molecule has 1 aliphatic heterocycles. The van der Waals surface area contributed by atoms with Crippen LogP contribution in [0, 0.1) is 0 Å². The lowest BCUT2D eigenvalue weighted by molar-refractivity contribution is -0.147. The minimum Gasteiger partial charge on any atom is -0.459 e. The van der Waals surface area contributed by atoms with Crippen LogP contribution in [0.5, 0.6) is 0 Å². The van der Waals surface area contributed by atoms with Crippen molar-refractivity contribution in [3.63, 3.8) is 0 Å². The summed E-state index contributed by atoms with van der Waals surface area (Å²) in [5.74, 6) is 0.695. The maximum atomic E-state index is 13.0. The number of aromatic nitrogens is 2. The summed E-state index contributed by atoms with van der Waals surface area (Å²) in [6, 6.07) is 17.7. The van der Waals surface area contributed by atoms with Gasteiger partial charge in [-0.05, 0) is 57.7 Å². The van der Waals surface area contributed by atoms with Crippen molar-refractivity contribution in [2.75, 3.05) is 11.4 Å². The Labute approximate surface area is 172 Å². The first-order valence-corrected chi connectivity index (χ1v) is 10.4. The van der Waals surface area contributed by atoms with E-state index in [1.165, 1.54) is 0 Å². The van der Waals surface area contributed by atoms with E-state index in [1.807, 2.05) is 48.5 Å². The van der Waals surface area contributed by atoms with Gasteiger partial charge in [-0.2, -0.15) is 0 Å². The van der Waals surface area contributed by atoms with E-state index in [0.29, 0.717) is 6.61 Å².